The zero-order valence-electron chi connectivity index (χ0n) is 11.4. The first-order valence-electron chi connectivity index (χ1n) is 6.57. The van der Waals surface area contributed by atoms with Gasteiger partial charge < -0.3 is 0 Å². The Bertz CT molecular complexity index is 832. The third-order valence-corrected chi connectivity index (χ3v) is 3.67. The zero-order valence-corrected chi connectivity index (χ0v) is 12.2. The lowest BCUT2D eigenvalue weighted by atomic mass is 10.1. The van der Waals surface area contributed by atoms with E-state index in [1.54, 1.807) is 47.7 Å². The Balaban J connectivity index is 2.03. The molecule has 0 bridgehead atoms. The lowest BCUT2D eigenvalue weighted by Gasteiger charge is -2.14. The number of nitrogens with zero attached hydrogens (tertiary/aromatic N) is 4. The molecule has 2 heterocycles. The van der Waals surface area contributed by atoms with E-state index in [4.69, 9.17) is 11.6 Å². The Labute approximate surface area is 126 Å². The second kappa shape index (κ2) is 5.61. The molecular weight excluding hydrogens is 288 g/mol. The van der Waals surface area contributed by atoms with Crippen molar-refractivity contribution in [3.63, 3.8) is 0 Å². The summed E-state index contributed by atoms with van der Waals surface area (Å²) in [6.45, 7) is 1.94. The van der Waals surface area contributed by atoms with Gasteiger partial charge in [0.25, 0.3) is 5.56 Å². The summed E-state index contributed by atoms with van der Waals surface area (Å²) in [5.41, 5.74) is 1.30. The Hall–Kier alpha value is -2.27. The number of fused-ring (bicyclic) bond motifs is 1. The fourth-order valence-corrected chi connectivity index (χ4v) is 2.54. The van der Waals surface area contributed by atoms with E-state index >= 15 is 0 Å². The maximum absolute atomic E-state index is 12.6. The van der Waals surface area contributed by atoms with Crippen molar-refractivity contribution in [2.45, 2.75) is 19.4 Å². The molecule has 0 amide bonds. The van der Waals surface area contributed by atoms with Gasteiger partial charge in [-0.2, -0.15) is 0 Å². The molecule has 2 aromatic heterocycles. The van der Waals surface area contributed by atoms with Crippen molar-refractivity contribution in [3.05, 3.63) is 64.2 Å². The van der Waals surface area contributed by atoms with E-state index in [1.807, 2.05) is 6.92 Å². The topological polar surface area (TPSA) is 60.7 Å². The van der Waals surface area contributed by atoms with Crippen molar-refractivity contribution in [2.75, 3.05) is 0 Å². The predicted octanol–water partition coefficient (Wildman–Crippen LogP) is 2.64. The summed E-state index contributed by atoms with van der Waals surface area (Å²) in [4.78, 5) is 25.2. The van der Waals surface area contributed by atoms with Crippen LogP contribution in [-0.2, 0) is 6.42 Å². The summed E-state index contributed by atoms with van der Waals surface area (Å²) in [5, 5.41) is 0.874. The van der Waals surface area contributed by atoms with E-state index < -0.39 is 0 Å². The molecule has 0 spiro atoms. The molecule has 3 rings (SSSR count). The average Bonchev–Trinajstić information content (AvgIpc) is 2.48. The molecule has 0 saturated carbocycles. The van der Waals surface area contributed by atoms with Crippen LogP contribution in [-0.4, -0.2) is 19.5 Å². The van der Waals surface area contributed by atoms with Crippen LogP contribution in [0.3, 0.4) is 0 Å². The molecule has 6 heteroatoms. The highest BCUT2D eigenvalue weighted by Gasteiger charge is 2.13. The van der Waals surface area contributed by atoms with Gasteiger partial charge in [-0.1, -0.05) is 17.7 Å². The average molecular weight is 301 g/mol. The molecule has 106 valence electrons. The van der Waals surface area contributed by atoms with Gasteiger partial charge in [-0.05, 0) is 19.1 Å². The van der Waals surface area contributed by atoms with Crippen LogP contribution < -0.4 is 5.56 Å². The predicted molar refractivity (Wildman–Crippen MR) is 81.5 cm³/mol. The minimum absolute atomic E-state index is 0.0811. The number of halogens is 1. The molecule has 0 radical (unpaired) electrons. The maximum atomic E-state index is 12.6. The third kappa shape index (κ3) is 2.64. The summed E-state index contributed by atoms with van der Waals surface area (Å²) in [6, 6.07) is 5.18. The fraction of sp³-hybridized carbons (Fsp3) is 0.200. The standard InChI is InChI=1S/C15H13ClN4O/c1-10(7-11-8-17-5-6-18-11)20-9-19-13-4-2-3-12(16)14(13)15(20)21/h2-6,8-10H,7H2,1H3. The van der Waals surface area contributed by atoms with Crippen molar-refractivity contribution >= 4 is 22.5 Å². The molecular formula is C15H13ClN4O. The molecule has 21 heavy (non-hydrogen) atoms. The number of hydrogen-bond acceptors (Lipinski definition) is 4. The van der Waals surface area contributed by atoms with Gasteiger partial charge in [-0.15, -0.1) is 0 Å². The first-order chi connectivity index (χ1) is 10.2. The Morgan fingerprint density at radius 2 is 2.14 bits per heavy atom. The van der Waals surface area contributed by atoms with Crippen molar-refractivity contribution in [2.24, 2.45) is 0 Å². The minimum Gasteiger partial charge on any atom is -0.295 e. The van der Waals surface area contributed by atoms with Crippen molar-refractivity contribution < 1.29 is 0 Å². The Morgan fingerprint density at radius 3 is 2.90 bits per heavy atom. The van der Waals surface area contributed by atoms with Crippen molar-refractivity contribution in [3.8, 4) is 0 Å². The maximum Gasteiger partial charge on any atom is 0.262 e. The highest BCUT2D eigenvalue weighted by Crippen LogP contribution is 2.19. The zero-order chi connectivity index (χ0) is 14.8. The van der Waals surface area contributed by atoms with Gasteiger partial charge in [0.1, 0.15) is 0 Å². The van der Waals surface area contributed by atoms with Gasteiger partial charge in [-0.3, -0.25) is 19.3 Å². The van der Waals surface area contributed by atoms with E-state index in [9.17, 15) is 4.79 Å². The fourth-order valence-electron chi connectivity index (χ4n) is 2.29. The first-order valence-corrected chi connectivity index (χ1v) is 6.95. The lowest BCUT2D eigenvalue weighted by Crippen LogP contribution is -2.25. The minimum atomic E-state index is -0.137. The molecule has 0 aliphatic rings. The largest absolute Gasteiger partial charge is 0.295 e. The Kier molecular flexibility index (Phi) is 3.66. The van der Waals surface area contributed by atoms with E-state index in [-0.39, 0.29) is 11.6 Å². The van der Waals surface area contributed by atoms with Gasteiger partial charge in [0, 0.05) is 31.1 Å². The van der Waals surface area contributed by atoms with E-state index in [2.05, 4.69) is 15.0 Å². The molecule has 5 nitrogen and oxygen atoms in total. The molecule has 1 atom stereocenters. The summed E-state index contributed by atoms with van der Waals surface area (Å²) in [6.07, 6.45) is 7.12. The normalized spacial score (nSPS) is 12.5. The van der Waals surface area contributed by atoms with Gasteiger partial charge in [0.2, 0.25) is 0 Å². The second-order valence-electron chi connectivity index (χ2n) is 4.84. The highest BCUT2D eigenvalue weighted by atomic mass is 35.5. The van der Waals surface area contributed by atoms with Crippen molar-refractivity contribution in [1.82, 2.24) is 19.5 Å². The Morgan fingerprint density at radius 1 is 1.29 bits per heavy atom. The molecule has 1 aromatic carbocycles. The van der Waals surface area contributed by atoms with Gasteiger partial charge in [0.15, 0.2) is 0 Å². The lowest BCUT2D eigenvalue weighted by molar-refractivity contribution is 0.517. The second-order valence-corrected chi connectivity index (χ2v) is 5.25. The number of benzene rings is 1. The van der Waals surface area contributed by atoms with Crippen LogP contribution >= 0.6 is 11.6 Å². The van der Waals surface area contributed by atoms with Crippen LogP contribution in [0.25, 0.3) is 10.9 Å². The quantitative estimate of drug-likeness (QED) is 0.746. The van der Waals surface area contributed by atoms with E-state index in [0.717, 1.165) is 5.69 Å². The van der Waals surface area contributed by atoms with Crippen LogP contribution in [0.4, 0.5) is 0 Å². The van der Waals surface area contributed by atoms with E-state index in [1.165, 1.54) is 0 Å². The molecule has 0 N–H and O–H groups in total. The number of hydrogen-bond donors (Lipinski definition) is 0. The van der Waals surface area contributed by atoms with Crippen molar-refractivity contribution in [1.29, 1.82) is 0 Å². The molecule has 1 unspecified atom stereocenters. The summed E-state index contributed by atoms with van der Waals surface area (Å²) in [7, 11) is 0. The molecule has 0 aliphatic heterocycles. The highest BCUT2D eigenvalue weighted by molar-refractivity contribution is 6.35. The van der Waals surface area contributed by atoms with Crippen LogP contribution in [0.15, 0.2) is 47.9 Å². The molecule has 0 saturated heterocycles. The van der Waals surface area contributed by atoms with Gasteiger partial charge in [0.05, 0.1) is 27.9 Å². The van der Waals surface area contributed by atoms with Crippen LogP contribution in [0, 0.1) is 0 Å². The monoisotopic (exact) mass is 300 g/mol. The van der Waals surface area contributed by atoms with Crippen LogP contribution in [0.2, 0.25) is 5.02 Å². The van der Waals surface area contributed by atoms with Crippen LogP contribution in [0.5, 0.6) is 0 Å². The molecule has 0 fully saturated rings. The summed E-state index contributed by atoms with van der Waals surface area (Å²) in [5.74, 6) is 0. The summed E-state index contributed by atoms with van der Waals surface area (Å²) >= 11 is 6.12. The first kappa shape index (κ1) is 13.7. The number of rotatable bonds is 3. The van der Waals surface area contributed by atoms with Crippen LogP contribution in [0.1, 0.15) is 18.7 Å². The molecule has 0 aliphatic carbocycles. The summed E-state index contributed by atoms with van der Waals surface area (Å²) < 4.78 is 1.59. The third-order valence-electron chi connectivity index (χ3n) is 3.36. The van der Waals surface area contributed by atoms with E-state index in [0.29, 0.717) is 22.3 Å². The smallest absolute Gasteiger partial charge is 0.262 e. The molecule has 3 aromatic rings. The van der Waals surface area contributed by atoms with Gasteiger partial charge >= 0.3 is 0 Å². The number of aromatic nitrogens is 4. The SMILES string of the molecule is CC(Cc1cnccn1)n1cnc2cccc(Cl)c2c1=O. The van der Waals surface area contributed by atoms with Gasteiger partial charge in [-0.25, -0.2) is 4.98 Å².